The van der Waals surface area contributed by atoms with E-state index in [1.165, 1.54) is 26.0 Å². The summed E-state index contributed by atoms with van der Waals surface area (Å²) >= 11 is 7.17. The van der Waals surface area contributed by atoms with Crippen molar-refractivity contribution >= 4 is 40.9 Å². The van der Waals surface area contributed by atoms with E-state index in [4.69, 9.17) is 25.8 Å². The standard InChI is InChI=1S/C19H20ClNO5S/c1-12(27-15-7-4-13(20)5-8-15)19(23)26-11-18(22)21-16-9-6-14(24-2)10-17(16)25-3/h4-10,12H,11H2,1-3H3,(H,21,22)/t12-/m1/s1. The molecule has 2 aromatic rings. The Kier molecular flexibility index (Phi) is 7.82. The largest absolute Gasteiger partial charge is 0.497 e. The van der Waals surface area contributed by atoms with Gasteiger partial charge in [0.2, 0.25) is 0 Å². The summed E-state index contributed by atoms with van der Waals surface area (Å²) < 4.78 is 15.4. The Hall–Kier alpha value is -2.38. The van der Waals surface area contributed by atoms with Gasteiger partial charge >= 0.3 is 5.97 Å². The number of carbonyl (C=O) groups is 2. The molecule has 1 N–H and O–H groups in total. The van der Waals surface area contributed by atoms with Gasteiger partial charge in [-0.2, -0.15) is 0 Å². The summed E-state index contributed by atoms with van der Waals surface area (Å²) in [6.45, 7) is 1.32. The van der Waals surface area contributed by atoms with Crippen molar-refractivity contribution in [1.29, 1.82) is 0 Å². The summed E-state index contributed by atoms with van der Waals surface area (Å²) in [5.41, 5.74) is 0.461. The highest BCUT2D eigenvalue weighted by atomic mass is 35.5. The van der Waals surface area contributed by atoms with Crippen molar-refractivity contribution in [2.75, 3.05) is 26.1 Å². The van der Waals surface area contributed by atoms with Crippen molar-refractivity contribution in [2.24, 2.45) is 0 Å². The third-order valence-corrected chi connectivity index (χ3v) is 4.83. The summed E-state index contributed by atoms with van der Waals surface area (Å²) in [6, 6.07) is 12.1. The van der Waals surface area contributed by atoms with Crippen molar-refractivity contribution in [3.63, 3.8) is 0 Å². The number of methoxy groups -OCH3 is 2. The van der Waals surface area contributed by atoms with Crippen LogP contribution in [-0.4, -0.2) is 38.0 Å². The van der Waals surface area contributed by atoms with E-state index in [1.54, 1.807) is 37.3 Å². The first-order valence-corrected chi connectivity index (χ1v) is 9.29. The Morgan fingerprint density at radius 1 is 1.11 bits per heavy atom. The molecule has 0 aromatic heterocycles. The minimum atomic E-state index is -0.480. The van der Waals surface area contributed by atoms with Crippen molar-refractivity contribution in [1.82, 2.24) is 0 Å². The molecule has 0 bridgehead atoms. The van der Waals surface area contributed by atoms with Gasteiger partial charge in [0, 0.05) is 16.0 Å². The highest BCUT2D eigenvalue weighted by Gasteiger charge is 2.18. The number of rotatable bonds is 8. The number of amides is 1. The molecule has 0 fully saturated rings. The molecule has 0 radical (unpaired) electrons. The topological polar surface area (TPSA) is 73.9 Å². The Balaban J connectivity index is 1.85. The molecule has 0 heterocycles. The molecule has 0 spiro atoms. The van der Waals surface area contributed by atoms with E-state index in [9.17, 15) is 9.59 Å². The van der Waals surface area contributed by atoms with Gasteiger partial charge in [0.1, 0.15) is 16.7 Å². The summed E-state index contributed by atoms with van der Waals surface area (Å²) in [6.07, 6.45) is 0. The van der Waals surface area contributed by atoms with Gasteiger partial charge in [-0.05, 0) is 43.3 Å². The number of ether oxygens (including phenoxy) is 3. The van der Waals surface area contributed by atoms with E-state index in [-0.39, 0.29) is 6.61 Å². The highest BCUT2D eigenvalue weighted by molar-refractivity contribution is 8.00. The lowest BCUT2D eigenvalue weighted by Crippen LogP contribution is -2.25. The SMILES string of the molecule is COc1ccc(NC(=O)COC(=O)[C@@H](C)Sc2ccc(Cl)cc2)c(OC)c1. The number of halogens is 1. The van der Waals surface area contributed by atoms with Gasteiger partial charge in [-0.15, -0.1) is 11.8 Å². The van der Waals surface area contributed by atoms with Crippen molar-refractivity contribution in [2.45, 2.75) is 17.1 Å². The lowest BCUT2D eigenvalue weighted by atomic mass is 10.2. The van der Waals surface area contributed by atoms with Gasteiger partial charge in [-0.1, -0.05) is 11.6 Å². The number of hydrogen-bond acceptors (Lipinski definition) is 6. The molecule has 6 nitrogen and oxygen atoms in total. The molecule has 2 rings (SSSR count). The lowest BCUT2D eigenvalue weighted by molar-refractivity contribution is -0.146. The Labute approximate surface area is 167 Å². The molecule has 0 saturated heterocycles. The second kappa shape index (κ2) is 10.1. The number of esters is 1. The van der Waals surface area contributed by atoms with E-state index >= 15 is 0 Å². The van der Waals surface area contributed by atoms with E-state index in [1.807, 2.05) is 12.1 Å². The number of hydrogen-bond donors (Lipinski definition) is 1. The molecule has 0 aliphatic rings. The minimum Gasteiger partial charge on any atom is -0.497 e. The van der Waals surface area contributed by atoms with E-state index in [0.29, 0.717) is 22.2 Å². The van der Waals surface area contributed by atoms with Gasteiger partial charge in [0.05, 0.1) is 19.9 Å². The number of nitrogens with one attached hydrogen (secondary N) is 1. The van der Waals surface area contributed by atoms with E-state index in [2.05, 4.69) is 5.32 Å². The fraction of sp³-hybridized carbons (Fsp3) is 0.263. The van der Waals surface area contributed by atoms with Crippen LogP contribution in [0.2, 0.25) is 5.02 Å². The molecule has 8 heteroatoms. The number of anilines is 1. The van der Waals surface area contributed by atoms with Crippen molar-refractivity contribution in [3.8, 4) is 11.5 Å². The number of carbonyl (C=O) groups excluding carboxylic acids is 2. The predicted molar refractivity (Wildman–Crippen MR) is 106 cm³/mol. The summed E-state index contributed by atoms with van der Waals surface area (Å²) in [5.74, 6) is 0.104. The van der Waals surface area contributed by atoms with Crippen LogP contribution in [-0.2, 0) is 14.3 Å². The molecular formula is C19H20ClNO5S. The van der Waals surface area contributed by atoms with Crippen LogP contribution in [0.25, 0.3) is 0 Å². The zero-order chi connectivity index (χ0) is 19.8. The normalized spacial score (nSPS) is 11.4. The number of benzene rings is 2. The van der Waals surface area contributed by atoms with Crippen molar-refractivity contribution in [3.05, 3.63) is 47.5 Å². The van der Waals surface area contributed by atoms with E-state index in [0.717, 1.165) is 4.90 Å². The zero-order valence-corrected chi connectivity index (χ0v) is 16.7. The second-order valence-corrected chi connectivity index (χ2v) is 7.29. The third-order valence-electron chi connectivity index (χ3n) is 3.49. The van der Waals surface area contributed by atoms with Gasteiger partial charge in [-0.3, -0.25) is 9.59 Å². The third kappa shape index (κ3) is 6.37. The first-order chi connectivity index (χ1) is 12.9. The summed E-state index contributed by atoms with van der Waals surface area (Å²) in [4.78, 5) is 25.0. The molecule has 1 amide bonds. The molecule has 27 heavy (non-hydrogen) atoms. The Morgan fingerprint density at radius 2 is 1.81 bits per heavy atom. The summed E-state index contributed by atoms with van der Waals surface area (Å²) in [5, 5.41) is 2.81. The average molecular weight is 410 g/mol. The smallest absolute Gasteiger partial charge is 0.319 e. The monoisotopic (exact) mass is 409 g/mol. The van der Waals surface area contributed by atoms with Crippen LogP contribution in [0.5, 0.6) is 11.5 Å². The zero-order valence-electron chi connectivity index (χ0n) is 15.2. The highest BCUT2D eigenvalue weighted by Crippen LogP contribution is 2.29. The van der Waals surface area contributed by atoms with Crippen LogP contribution < -0.4 is 14.8 Å². The number of thioether (sulfide) groups is 1. The van der Waals surface area contributed by atoms with Gasteiger partial charge < -0.3 is 19.5 Å². The molecule has 0 saturated carbocycles. The van der Waals surface area contributed by atoms with Crippen LogP contribution in [0.1, 0.15) is 6.92 Å². The predicted octanol–water partition coefficient (Wildman–Crippen LogP) is 4.02. The lowest BCUT2D eigenvalue weighted by Gasteiger charge is -2.13. The maximum absolute atomic E-state index is 12.1. The fourth-order valence-electron chi connectivity index (χ4n) is 2.11. The maximum Gasteiger partial charge on any atom is 0.319 e. The Bertz CT molecular complexity index is 797. The second-order valence-electron chi connectivity index (χ2n) is 5.44. The van der Waals surface area contributed by atoms with Crippen LogP contribution >= 0.6 is 23.4 Å². The molecule has 0 aliphatic carbocycles. The van der Waals surface area contributed by atoms with Gasteiger partial charge in [0.25, 0.3) is 5.91 Å². The molecule has 0 unspecified atom stereocenters. The van der Waals surface area contributed by atoms with E-state index < -0.39 is 17.1 Å². The summed E-state index contributed by atoms with van der Waals surface area (Å²) in [7, 11) is 3.02. The van der Waals surface area contributed by atoms with Crippen LogP contribution in [0, 0.1) is 0 Å². The molecule has 0 aliphatic heterocycles. The fourth-order valence-corrected chi connectivity index (χ4v) is 3.10. The maximum atomic E-state index is 12.1. The molecule has 144 valence electrons. The quantitative estimate of drug-likeness (QED) is 0.524. The van der Waals surface area contributed by atoms with Gasteiger partial charge in [0.15, 0.2) is 6.61 Å². The minimum absolute atomic E-state index is 0.389. The van der Waals surface area contributed by atoms with Crippen LogP contribution in [0.4, 0.5) is 5.69 Å². The van der Waals surface area contributed by atoms with Gasteiger partial charge in [-0.25, -0.2) is 0 Å². The molecule has 1 atom stereocenters. The Morgan fingerprint density at radius 3 is 2.44 bits per heavy atom. The van der Waals surface area contributed by atoms with Crippen LogP contribution in [0.3, 0.4) is 0 Å². The average Bonchev–Trinajstić information content (AvgIpc) is 2.68. The molecular weight excluding hydrogens is 390 g/mol. The first-order valence-electron chi connectivity index (χ1n) is 8.03. The van der Waals surface area contributed by atoms with Crippen molar-refractivity contribution < 1.29 is 23.8 Å². The first kappa shape index (κ1) is 20.9. The molecule has 2 aromatic carbocycles. The van der Waals surface area contributed by atoms with Crippen LogP contribution in [0.15, 0.2) is 47.4 Å².